The fourth-order valence-electron chi connectivity index (χ4n) is 4.01. The summed E-state index contributed by atoms with van der Waals surface area (Å²) in [5, 5.41) is 13.8. The average Bonchev–Trinajstić information content (AvgIpc) is 3.31. The number of hydrogen-bond donors (Lipinski definition) is 4. The minimum absolute atomic E-state index is 0.194. The topological polar surface area (TPSA) is 115 Å². The Kier molecular flexibility index (Phi) is 5.43. The molecule has 0 fully saturated rings. The third-order valence-corrected chi connectivity index (χ3v) is 5.85. The zero-order chi connectivity index (χ0) is 23.7. The van der Waals surface area contributed by atoms with Gasteiger partial charge in [0.05, 0.1) is 5.56 Å². The molecule has 0 spiro atoms. The Hall–Kier alpha value is -4.65. The molecule has 0 aliphatic carbocycles. The van der Waals surface area contributed by atoms with Crippen molar-refractivity contribution >= 4 is 33.7 Å². The number of hydrogen-bond acceptors (Lipinski definition) is 3. The molecule has 0 aliphatic rings. The molecule has 0 aliphatic heterocycles. The molecular formula is C27H21N3O4. The predicted molar refractivity (Wildman–Crippen MR) is 130 cm³/mol. The van der Waals surface area contributed by atoms with Gasteiger partial charge in [0.15, 0.2) is 0 Å². The van der Waals surface area contributed by atoms with Crippen LogP contribution in [-0.2, 0) is 13.0 Å². The van der Waals surface area contributed by atoms with Gasteiger partial charge >= 0.3 is 5.97 Å². The normalized spacial score (nSPS) is 11.1. The highest BCUT2D eigenvalue weighted by Gasteiger charge is 2.10. The van der Waals surface area contributed by atoms with Gasteiger partial charge in [-0.05, 0) is 76.5 Å². The number of aromatic amines is 2. The van der Waals surface area contributed by atoms with Gasteiger partial charge < -0.3 is 20.4 Å². The van der Waals surface area contributed by atoms with Gasteiger partial charge in [0.25, 0.3) is 11.5 Å². The lowest BCUT2D eigenvalue weighted by molar-refractivity contribution is 0.0696. The smallest absolute Gasteiger partial charge is 0.335 e. The largest absolute Gasteiger partial charge is 0.478 e. The highest BCUT2D eigenvalue weighted by Crippen LogP contribution is 2.17. The Bertz CT molecular complexity index is 1600. The SMILES string of the molecule is O=C(O)c1ccc(Cc2cc3cc(C(=O)NCc4ccc5[nH]ccc5c4)ccc3[nH]c2=O)cc1. The zero-order valence-corrected chi connectivity index (χ0v) is 18.1. The zero-order valence-electron chi connectivity index (χ0n) is 18.1. The third-order valence-electron chi connectivity index (χ3n) is 5.85. The summed E-state index contributed by atoms with van der Waals surface area (Å²) >= 11 is 0. The van der Waals surface area contributed by atoms with Crippen molar-refractivity contribution in [3.05, 3.63) is 117 Å². The summed E-state index contributed by atoms with van der Waals surface area (Å²) in [6.07, 6.45) is 2.23. The molecular weight excluding hydrogens is 430 g/mol. The van der Waals surface area contributed by atoms with Crippen LogP contribution in [-0.4, -0.2) is 27.0 Å². The molecule has 7 heteroatoms. The number of amides is 1. The minimum atomic E-state index is -0.995. The van der Waals surface area contributed by atoms with Crippen molar-refractivity contribution < 1.29 is 14.7 Å². The molecule has 0 unspecified atom stereocenters. The van der Waals surface area contributed by atoms with Crippen LogP contribution in [0.1, 0.15) is 37.4 Å². The van der Waals surface area contributed by atoms with Gasteiger partial charge in [0.2, 0.25) is 0 Å². The van der Waals surface area contributed by atoms with Crippen molar-refractivity contribution in [1.82, 2.24) is 15.3 Å². The molecule has 34 heavy (non-hydrogen) atoms. The van der Waals surface area contributed by atoms with E-state index in [9.17, 15) is 14.4 Å². The first-order chi connectivity index (χ1) is 16.5. The minimum Gasteiger partial charge on any atom is -0.478 e. The standard InChI is InChI=1S/C27H21N3O4/c31-25(29-15-17-3-7-23-19(12-17)9-10-28-23)20-6-8-24-21(13-20)14-22(26(32)30-24)11-16-1-4-18(5-2-16)27(33)34/h1-10,12-14,28H,11,15H2,(H,29,31)(H,30,32)(H,33,34). The molecule has 0 bridgehead atoms. The fourth-order valence-corrected chi connectivity index (χ4v) is 4.01. The number of H-pyrrole nitrogens is 2. The summed E-state index contributed by atoms with van der Waals surface area (Å²) in [5.74, 6) is -1.20. The Balaban J connectivity index is 1.35. The van der Waals surface area contributed by atoms with Gasteiger partial charge in [-0.3, -0.25) is 9.59 Å². The molecule has 2 aromatic heterocycles. The van der Waals surface area contributed by atoms with Crippen LogP contribution in [0.25, 0.3) is 21.8 Å². The van der Waals surface area contributed by atoms with Gasteiger partial charge in [-0.2, -0.15) is 0 Å². The van der Waals surface area contributed by atoms with Crippen molar-refractivity contribution in [2.24, 2.45) is 0 Å². The van der Waals surface area contributed by atoms with E-state index in [0.29, 0.717) is 29.6 Å². The van der Waals surface area contributed by atoms with E-state index < -0.39 is 5.97 Å². The Labute approximate surface area is 194 Å². The number of fused-ring (bicyclic) bond motifs is 2. The molecule has 0 radical (unpaired) electrons. The number of carboxylic acids is 1. The number of rotatable bonds is 6. The van der Waals surface area contributed by atoms with Crippen LogP contribution in [0.5, 0.6) is 0 Å². The van der Waals surface area contributed by atoms with Crippen LogP contribution >= 0.6 is 0 Å². The van der Waals surface area contributed by atoms with Crippen molar-refractivity contribution in [2.45, 2.75) is 13.0 Å². The molecule has 168 valence electrons. The summed E-state index contributed by atoms with van der Waals surface area (Å²) in [4.78, 5) is 42.3. The Morgan fingerprint density at radius 1 is 0.794 bits per heavy atom. The maximum atomic E-state index is 12.8. The van der Waals surface area contributed by atoms with E-state index in [1.165, 1.54) is 12.1 Å². The van der Waals surface area contributed by atoms with E-state index in [0.717, 1.165) is 27.4 Å². The first-order valence-electron chi connectivity index (χ1n) is 10.8. The maximum absolute atomic E-state index is 12.8. The first-order valence-corrected chi connectivity index (χ1v) is 10.8. The third kappa shape index (κ3) is 4.31. The molecule has 5 rings (SSSR count). The number of carboxylic acid groups (broad SMARTS) is 1. The van der Waals surface area contributed by atoms with Crippen molar-refractivity contribution in [2.75, 3.05) is 0 Å². The molecule has 1 amide bonds. The summed E-state index contributed by atoms with van der Waals surface area (Å²) in [6.45, 7) is 0.404. The second-order valence-corrected chi connectivity index (χ2v) is 8.19. The van der Waals surface area contributed by atoms with Crippen LogP contribution in [0, 0.1) is 0 Å². The van der Waals surface area contributed by atoms with E-state index >= 15 is 0 Å². The van der Waals surface area contributed by atoms with Crippen LogP contribution in [0.4, 0.5) is 0 Å². The van der Waals surface area contributed by atoms with Crippen LogP contribution in [0.15, 0.2) is 83.8 Å². The van der Waals surface area contributed by atoms with E-state index in [-0.39, 0.29) is 17.0 Å². The first kappa shape index (κ1) is 21.2. The Morgan fingerprint density at radius 3 is 2.32 bits per heavy atom. The van der Waals surface area contributed by atoms with Crippen molar-refractivity contribution in [3.63, 3.8) is 0 Å². The number of pyridine rings is 1. The van der Waals surface area contributed by atoms with Gasteiger partial charge in [0.1, 0.15) is 0 Å². The number of aromatic nitrogens is 2. The number of benzene rings is 3. The Morgan fingerprint density at radius 2 is 1.53 bits per heavy atom. The van der Waals surface area contributed by atoms with Gasteiger partial charge in [-0.25, -0.2) is 4.79 Å². The predicted octanol–water partition coefficient (Wildman–Crippen LogP) is 4.23. The second kappa shape index (κ2) is 8.71. The summed E-state index contributed by atoms with van der Waals surface area (Å²) < 4.78 is 0. The van der Waals surface area contributed by atoms with Gasteiger partial charge in [0, 0.05) is 41.3 Å². The molecule has 2 heterocycles. The van der Waals surface area contributed by atoms with Crippen LogP contribution < -0.4 is 10.9 Å². The summed E-state index contributed by atoms with van der Waals surface area (Å²) in [7, 11) is 0. The number of carbonyl (C=O) groups excluding carboxylic acids is 1. The van der Waals surface area contributed by atoms with Crippen LogP contribution in [0.2, 0.25) is 0 Å². The van der Waals surface area contributed by atoms with Crippen molar-refractivity contribution in [1.29, 1.82) is 0 Å². The molecule has 7 nitrogen and oxygen atoms in total. The summed E-state index contributed by atoms with van der Waals surface area (Å²) in [5.41, 5.74) is 4.53. The fraction of sp³-hybridized carbons (Fsp3) is 0.0741. The van der Waals surface area contributed by atoms with Crippen molar-refractivity contribution in [3.8, 4) is 0 Å². The molecule has 5 aromatic rings. The van der Waals surface area contributed by atoms with E-state index in [2.05, 4.69) is 15.3 Å². The number of carbonyl (C=O) groups is 2. The highest BCUT2D eigenvalue weighted by molar-refractivity contribution is 5.98. The lowest BCUT2D eigenvalue weighted by atomic mass is 10.0. The maximum Gasteiger partial charge on any atom is 0.335 e. The van der Waals surface area contributed by atoms with E-state index in [1.54, 1.807) is 36.4 Å². The molecule has 0 saturated heterocycles. The molecule has 3 aromatic carbocycles. The summed E-state index contributed by atoms with van der Waals surface area (Å²) in [6, 6.07) is 21.4. The number of aromatic carboxylic acids is 1. The van der Waals surface area contributed by atoms with E-state index in [4.69, 9.17) is 5.11 Å². The second-order valence-electron chi connectivity index (χ2n) is 8.19. The lowest BCUT2D eigenvalue weighted by Gasteiger charge is -2.08. The quantitative estimate of drug-likeness (QED) is 0.309. The molecule has 4 N–H and O–H groups in total. The van der Waals surface area contributed by atoms with E-state index in [1.807, 2.05) is 30.5 Å². The highest BCUT2D eigenvalue weighted by atomic mass is 16.4. The molecule has 0 saturated carbocycles. The monoisotopic (exact) mass is 451 g/mol. The van der Waals surface area contributed by atoms with Gasteiger partial charge in [-0.15, -0.1) is 0 Å². The average molecular weight is 451 g/mol. The van der Waals surface area contributed by atoms with Gasteiger partial charge in [-0.1, -0.05) is 18.2 Å². The number of nitrogens with one attached hydrogen (secondary N) is 3. The van der Waals surface area contributed by atoms with Crippen LogP contribution in [0.3, 0.4) is 0 Å². The molecule has 0 atom stereocenters. The lowest BCUT2D eigenvalue weighted by Crippen LogP contribution is -2.22.